The van der Waals surface area contributed by atoms with Crippen molar-refractivity contribution in [1.82, 2.24) is 0 Å². The van der Waals surface area contributed by atoms with Crippen molar-refractivity contribution < 1.29 is 0 Å². The van der Waals surface area contributed by atoms with Gasteiger partial charge < -0.3 is 5.73 Å². The summed E-state index contributed by atoms with van der Waals surface area (Å²) >= 11 is 0. The highest BCUT2D eigenvalue weighted by atomic mass is 14.6. The van der Waals surface area contributed by atoms with Crippen LogP contribution in [0.5, 0.6) is 0 Å². The maximum atomic E-state index is 5.35. The maximum Gasteiger partial charge on any atom is 0.0277 e. The summed E-state index contributed by atoms with van der Waals surface area (Å²) in [5.41, 5.74) is 6.46. The standard InChI is InChI=1S/C8H16N2/c1-7(2)4-8(5-9)6-10-3/h5-7H,4,9H2,1-3H3/b8-5-,10-6?. The van der Waals surface area contributed by atoms with Crippen LogP contribution in [0.15, 0.2) is 16.8 Å². The summed E-state index contributed by atoms with van der Waals surface area (Å²) in [6, 6.07) is 0. The number of hydrogen-bond acceptors (Lipinski definition) is 2. The van der Waals surface area contributed by atoms with Gasteiger partial charge in [-0.2, -0.15) is 0 Å². The molecule has 0 spiro atoms. The van der Waals surface area contributed by atoms with Gasteiger partial charge in [0.2, 0.25) is 0 Å². The molecule has 58 valence electrons. The van der Waals surface area contributed by atoms with Crippen molar-refractivity contribution in [3.63, 3.8) is 0 Å². The van der Waals surface area contributed by atoms with E-state index in [1.165, 1.54) is 0 Å². The Kier molecular flexibility index (Phi) is 4.63. The lowest BCUT2D eigenvalue weighted by molar-refractivity contribution is 0.654. The molecule has 10 heavy (non-hydrogen) atoms. The molecule has 0 saturated heterocycles. The molecule has 0 rings (SSSR count). The molecule has 0 fully saturated rings. The van der Waals surface area contributed by atoms with Crippen molar-refractivity contribution in [2.45, 2.75) is 20.3 Å². The van der Waals surface area contributed by atoms with Crippen molar-refractivity contribution in [2.75, 3.05) is 7.05 Å². The van der Waals surface area contributed by atoms with Crippen LogP contribution in [0.1, 0.15) is 20.3 Å². The smallest absolute Gasteiger partial charge is 0.0277 e. The number of nitrogens with two attached hydrogens (primary N) is 1. The Balaban J connectivity index is 3.86. The lowest BCUT2D eigenvalue weighted by atomic mass is 10.1. The lowest BCUT2D eigenvalue weighted by Gasteiger charge is -2.02. The van der Waals surface area contributed by atoms with Gasteiger partial charge in [0.15, 0.2) is 0 Å². The molecule has 0 aliphatic rings. The molecule has 0 saturated carbocycles. The first kappa shape index (κ1) is 9.21. The minimum absolute atomic E-state index is 0.646. The second-order valence-corrected chi connectivity index (χ2v) is 2.73. The second-order valence-electron chi connectivity index (χ2n) is 2.73. The molecule has 2 heteroatoms. The zero-order chi connectivity index (χ0) is 7.98. The zero-order valence-electron chi connectivity index (χ0n) is 6.96. The largest absolute Gasteiger partial charge is 0.404 e. The first-order valence-corrected chi connectivity index (χ1v) is 3.53. The Hall–Kier alpha value is -0.790. The van der Waals surface area contributed by atoms with Crippen LogP contribution < -0.4 is 5.73 Å². The van der Waals surface area contributed by atoms with Crippen LogP contribution >= 0.6 is 0 Å². The summed E-state index contributed by atoms with van der Waals surface area (Å²) in [5, 5.41) is 0. The molecule has 0 bridgehead atoms. The fourth-order valence-corrected chi connectivity index (χ4v) is 0.801. The van der Waals surface area contributed by atoms with Crippen LogP contribution in [-0.2, 0) is 0 Å². The van der Waals surface area contributed by atoms with E-state index in [2.05, 4.69) is 18.8 Å². The quantitative estimate of drug-likeness (QED) is 0.594. The van der Waals surface area contributed by atoms with E-state index in [1.54, 1.807) is 19.5 Å². The van der Waals surface area contributed by atoms with E-state index >= 15 is 0 Å². The zero-order valence-corrected chi connectivity index (χ0v) is 6.96. The molecule has 0 unspecified atom stereocenters. The Morgan fingerprint density at radius 1 is 1.60 bits per heavy atom. The van der Waals surface area contributed by atoms with Crippen LogP contribution in [0.4, 0.5) is 0 Å². The number of rotatable bonds is 3. The molecular formula is C8H16N2. The van der Waals surface area contributed by atoms with Gasteiger partial charge >= 0.3 is 0 Å². The third-order valence-corrected chi connectivity index (χ3v) is 1.15. The molecule has 0 amide bonds. The van der Waals surface area contributed by atoms with Gasteiger partial charge in [0.05, 0.1) is 0 Å². The molecule has 0 aliphatic heterocycles. The van der Waals surface area contributed by atoms with E-state index < -0.39 is 0 Å². The molecule has 2 nitrogen and oxygen atoms in total. The van der Waals surface area contributed by atoms with Gasteiger partial charge in [0.25, 0.3) is 0 Å². The van der Waals surface area contributed by atoms with E-state index in [9.17, 15) is 0 Å². The normalized spacial score (nSPS) is 13.4. The highest BCUT2D eigenvalue weighted by Gasteiger charge is 1.96. The average Bonchev–Trinajstić information content (AvgIpc) is 1.86. The van der Waals surface area contributed by atoms with E-state index in [0.29, 0.717) is 5.92 Å². The summed E-state index contributed by atoms with van der Waals surface area (Å²) in [4.78, 5) is 3.89. The summed E-state index contributed by atoms with van der Waals surface area (Å²) in [6.07, 6.45) is 4.43. The number of allylic oxidation sites excluding steroid dienone is 1. The monoisotopic (exact) mass is 140 g/mol. The Labute approximate surface area is 62.8 Å². The molecule has 0 atom stereocenters. The first-order valence-electron chi connectivity index (χ1n) is 3.53. The highest BCUT2D eigenvalue weighted by molar-refractivity contribution is 5.78. The fourth-order valence-electron chi connectivity index (χ4n) is 0.801. The predicted octanol–water partition coefficient (Wildman–Crippen LogP) is 1.58. The minimum atomic E-state index is 0.646. The van der Waals surface area contributed by atoms with Crippen molar-refractivity contribution in [3.05, 3.63) is 11.8 Å². The van der Waals surface area contributed by atoms with Gasteiger partial charge in [-0.1, -0.05) is 13.8 Å². The fraction of sp³-hybridized carbons (Fsp3) is 0.625. The van der Waals surface area contributed by atoms with Crippen molar-refractivity contribution in [2.24, 2.45) is 16.6 Å². The van der Waals surface area contributed by atoms with Crippen LogP contribution in [-0.4, -0.2) is 13.3 Å². The van der Waals surface area contributed by atoms with Gasteiger partial charge in [-0.15, -0.1) is 0 Å². The van der Waals surface area contributed by atoms with Gasteiger partial charge in [-0.3, -0.25) is 4.99 Å². The summed E-state index contributed by atoms with van der Waals surface area (Å²) < 4.78 is 0. The van der Waals surface area contributed by atoms with Gasteiger partial charge in [0, 0.05) is 13.3 Å². The van der Waals surface area contributed by atoms with Crippen molar-refractivity contribution in [3.8, 4) is 0 Å². The Morgan fingerprint density at radius 3 is 2.50 bits per heavy atom. The first-order chi connectivity index (χ1) is 4.70. The molecule has 0 radical (unpaired) electrons. The molecule has 2 N–H and O–H groups in total. The summed E-state index contributed by atoms with van der Waals surface area (Å²) in [6.45, 7) is 4.32. The second kappa shape index (κ2) is 5.03. The van der Waals surface area contributed by atoms with Crippen molar-refractivity contribution >= 4 is 6.21 Å². The molecular weight excluding hydrogens is 124 g/mol. The van der Waals surface area contributed by atoms with Crippen LogP contribution in [0.25, 0.3) is 0 Å². The SMILES string of the molecule is CN=C/C(=C\N)CC(C)C. The Bertz CT molecular complexity index is 134. The van der Waals surface area contributed by atoms with E-state index in [1.807, 2.05) is 0 Å². The predicted molar refractivity (Wildman–Crippen MR) is 46.1 cm³/mol. The van der Waals surface area contributed by atoms with E-state index in [0.717, 1.165) is 12.0 Å². The highest BCUT2D eigenvalue weighted by Crippen LogP contribution is 2.06. The van der Waals surface area contributed by atoms with Gasteiger partial charge in [-0.05, 0) is 24.1 Å². The lowest BCUT2D eigenvalue weighted by Crippen LogP contribution is -1.96. The van der Waals surface area contributed by atoms with Gasteiger partial charge in [0.1, 0.15) is 0 Å². The average molecular weight is 140 g/mol. The van der Waals surface area contributed by atoms with E-state index in [-0.39, 0.29) is 0 Å². The molecule has 0 aromatic carbocycles. The maximum absolute atomic E-state index is 5.35. The number of aliphatic imine (C=N–C) groups is 1. The van der Waals surface area contributed by atoms with Crippen LogP contribution in [0.3, 0.4) is 0 Å². The third-order valence-electron chi connectivity index (χ3n) is 1.15. The Morgan fingerprint density at radius 2 is 2.20 bits per heavy atom. The molecule has 0 heterocycles. The van der Waals surface area contributed by atoms with Crippen LogP contribution in [0, 0.1) is 5.92 Å². The topological polar surface area (TPSA) is 38.4 Å². The molecule has 0 aliphatic carbocycles. The summed E-state index contributed by atoms with van der Waals surface area (Å²) in [7, 11) is 1.75. The van der Waals surface area contributed by atoms with Crippen LogP contribution in [0.2, 0.25) is 0 Å². The number of nitrogens with zero attached hydrogens (tertiary/aromatic N) is 1. The van der Waals surface area contributed by atoms with Crippen molar-refractivity contribution in [1.29, 1.82) is 0 Å². The van der Waals surface area contributed by atoms with E-state index in [4.69, 9.17) is 5.73 Å². The third kappa shape index (κ3) is 4.13. The number of hydrogen-bond donors (Lipinski definition) is 1. The molecule has 0 aromatic rings. The summed E-state index contributed by atoms with van der Waals surface area (Å²) in [5.74, 6) is 0.646. The minimum Gasteiger partial charge on any atom is -0.404 e. The molecule has 0 aromatic heterocycles. The van der Waals surface area contributed by atoms with Gasteiger partial charge in [-0.25, -0.2) is 0 Å².